The van der Waals surface area contributed by atoms with Gasteiger partial charge in [0.25, 0.3) is 0 Å². The molecular weight excluding hydrogens is 246 g/mol. The average Bonchev–Trinajstić information content (AvgIpc) is 2.27. The zero-order valence-electron chi connectivity index (χ0n) is 9.00. The number of aliphatic carboxylic acids is 1. The highest BCUT2D eigenvalue weighted by Gasteiger charge is 2.39. The molecule has 0 saturated heterocycles. The molecule has 2 N–H and O–H groups in total. The number of benzene rings is 1. The summed E-state index contributed by atoms with van der Waals surface area (Å²) in [6.07, 6.45) is 0. The molecule has 1 aromatic rings. The van der Waals surface area contributed by atoms with Gasteiger partial charge in [-0.2, -0.15) is 0 Å². The summed E-state index contributed by atoms with van der Waals surface area (Å²) in [6.45, 7) is -0.162. The molecule has 0 saturated carbocycles. The van der Waals surface area contributed by atoms with Crippen molar-refractivity contribution in [1.29, 1.82) is 0 Å². The molecule has 0 amide bonds. The minimum Gasteiger partial charge on any atom is -0.495 e. The van der Waals surface area contributed by atoms with Gasteiger partial charge in [0, 0.05) is 6.54 Å². The van der Waals surface area contributed by atoms with Crippen LogP contribution in [0.1, 0.15) is 0 Å². The van der Waals surface area contributed by atoms with Crippen molar-refractivity contribution in [2.75, 3.05) is 19.0 Å². The second kappa shape index (κ2) is 3.92. The summed E-state index contributed by atoms with van der Waals surface area (Å²) >= 11 is 0. The Morgan fingerprint density at radius 2 is 2.24 bits per heavy atom. The van der Waals surface area contributed by atoms with E-state index >= 15 is 0 Å². The fraction of sp³-hybridized carbons (Fsp3) is 0.300. The molecule has 0 aliphatic carbocycles. The number of methoxy groups -OCH3 is 1. The van der Waals surface area contributed by atoms with Gasteiger partial charge >= 0.3 is 5.97 Å². The second-order valence-corrected chi connectivity index (χ2v) is 5.69. The average molecular weight is 257 g/mol. The van der Waals surface area contributed by atoms with Crippen molar-refractivity contribution in [2.45, 2.75) is 10.1 Å². The Labute approximate surface area is 98.1 Å². The minimum atomic E-state index is -3.86. The van der Waals surface area contributed by atoms with Gasteiger partial charge in [0.2, 0.25) is 0 Å². The fourth-order valence-electron chi connectivity index (χ4n) is 1.77. The minimum absolute atomic E-state index is 0.0319. The van der Waals surface area contributed by atoms with E-state index in [0.29, 0.717) is 11.4 Å². The highest BCUT2D eigenvalue weighted by Crippen LogP contribution is 2.36. The van der Waals surface area contributed by atoms with Crippen molar-refractivity contribution < 1.29 is 23.1 Å². The lowest BCUT2D eigenvalue weighted by Crippen LogP contribution is -2.40. The van der Waals surface area contributed by atoms with E-state index in [4.69, 9.17) is 9.84 Å². The lowest BCUT2D eigenvalue weighted by molar-refractivity contribution is -0.136. The third-order valence-corrected chi connectivity index (χ3v) is 4.70. The molecule has 0 bridgehead atoms. The first-order valence-electron chi connectivity index (χ1n) is 4.86. The van der Waals surface area contributed by atoms with Crippen molar-refractivity contribution >= 4 is 21.5 Å². The first-order chi connectivity index (χ1) is 7.98. The van der Waals surface area contributed by atoms with E-state index in [0.717, 1.165) is 0 Å². The number of para-hydroxylation sites is 1. The number of nitrogens with one attached hydrogen (secondary N) is 1. The number of rotatable bonds is 2. The van der Waals surface area contributed by atoms with Crippen LogP contribution in [-0.4, -0.2) is 38.4 Å². The van der Waals surface area contributed by atoms with Gasteiger partial charge in [-0.25, -0.2) is 8.42 Å². The van der Waals surface area contributed by atoms with Crippen LogP contribution in [0.5, 0.6) is 5.75 Å². The molecule has 0 fully saturated rings. The summed E-state index contributed by atoms with van der Waals surface area (Å²) in [6, 6.07) is 4.50. The monoisotopic (exact) mass is 257 g/mol. The van der Waals surface area contributed by atoms with Crippen LogP contribution < -0.4 is 10.1 Å². The molecule has 1 atom stereocenters. The molecule has 1 aromatic carbocycles. The van der Waals surface area contributed by atoms with E-state index in [1.54, 1.807) is 6.07 Å². The van der Waals surface area contributed by atoms with E-state index < -0.39 is 21.1 Å². The van der Waals surface area contributed by atoms with E-state index in [2.05, 4.69) is 5.32 Å². The number of sulfone groups is 1. The normalized spacial score (nSPS) is 21.1. The van der Waals surface area contributed by atoms with Crippen LogP contribution >= 0.6 is 0 Å². The van der Waals surface area contributed by atoms with E-state index in [9.17, 15) is 13.2 Å². The quantitative estimate of drug-likeness (QED) is 0.794. The number of carbonyl (C=O) groups is 1. The Morgan fingerprint density at radius 3 is 2.82 bits per heavy atom. The number of carboxylic acid groups (broad SMARTS) is 1. The first kappa shape index (κ1) is 11.7. The van der Waals surface area contributed by atoms with Crippen molar-refractivity contribution in [3.8, 4) is 5.75 Å². The Morgan fingerprint density at radius 1 is 1.53 bits per heavy atom. The number of hydrogen-bond acceptors (Lipinski definition) is 5. The summed E-state index contributed by atoms with van der Waals surface area (Å²) in [7, 11) is -2.43. The fourth-order valence-corrected chi connectivity index (χ4v) is 3.37. The van der Waals surface area contributed by atoms with Crippen LogP contribution in [0.3, 0.4) is 0 Å². The lowest BCUT2D eigenvalue weighted by Gasteiger charge is -2.24. The summed E-state index contributed by atoms with van der Waals surface area (Å²) < 4.78 is 29.1. The molecule has 1 aliphatic heterocycles. The number of carboxylic acids is 1. The predicted octanol–water partition coefficient (Wildman–Crippen LogP) is 0.348. The number of hydrogen-bond donors (Lipinski definition) is 2. The van der Waals surface area contributed by atoms with E-state index in [1.165, 1.54) is 19.2 Å². The maximum absolute atomic E-state index is 12.0. The van der Waals surface area contributed by atoms with Gasteiger partial charge in [0.15, 0.2) is 15.1 Å². The molecular formula is C10H11NO5S. The zero-order valence-corrected chi connectivity index (χ0v) is 9.82. The molecule has 92 valence electrons. The predicted molar refractivity (Wildman–Crippen MR) is 60.1 cm³/mol. The Bertz CT molecular complexity index is 566. The zero-order chi connectivity index (χ0) is 12.6. The van der Waals surface area contributed by atoms with Crippen LogP contribution in [0.15, 0.2) is 23.1 Å². The van der Waals surface area contributed by atoms with Crippen molar-refractivity contribution in [3.63, 3.8) is 0 Å². The lowest BCUT2D eigenvalue weighted by atomic mass is 10.2. The number of anilines is 1. The highest BCUT2D eigenvalue weighted by molar-refractivity contribution is 7.93. The molecule has 17 heavy (non-hydrogen) atoms. The van der Waals surface area contributed by atoms with Gasteiger partial charge < -0.3 is 15.2 Å². The van der Waals surface area contributed by atoms with Crippen LogP contribution in [0, 0.1) is 0 Å². The van der Waals surface area contributed by atoms with Gasteiger partial charge in [-0.15, -0.1) is 0 Å². The standard InChI is InChI=1S/C10H11NO5S/c1-16-6-3-2-4-7-9(6)11-5-8(10(12)13)17(7,14)15/h2-4,8,11H,5H2,1H3,(H,12,13). The summed E-state index contributed by atoms with van der Waals surface area (Å²) in [4.78, 5) is 10.9. The highest BCUT2D eigenvalue weighted by atomic mass is 32.2. The molecule has 0 radical (unpaired) electrons. The van der Waals surface area contributed by atoms with Crippen LogP contribution in [0.2, 0.25) is 0 Å². The SMILES string of the molecule is COc1cccc2c1NCC(C(=O)O)S2(=O)=O. The van der Waals surface area contributed by atoms with Crippen LogP contribution in [0.25, 0.3) is 0 Å². The van der Waals surface area contributed by atoms with Gasteiger partial charge in [-0.3, -0.25) is 4.79 Å². The summed E-state index contributed by atoms with van der Waals surface area (Å²) in [5, 5.41) is 10.2. The maximum atomic E-state index is 12.0. The maximum Gasteiger partial charge on any atom is 0.324 e. The second-order valence-electron chi connectivity index (χ2n) is 3.59. The Balaban J connectivity index is 2.63. The topological polar surface area (TPSA) is 92.7 Å². The van der Waals surface area contributed by atoms with Gasteiger partial charge in [0.1, 0.15) is 5.75 Å². The molecule has 6 nitrogen and oxygen atoms in total. The van der Waals surface area contributed by atoms with E-state index in [1.807, 2.05) is 0 Å². The molecule has 0 spiro atoms. The van der Waals surface area contributed by atoms with Crippen molar-refractivity contribution in [3.05, 3.63) is 18.2 Å². The third kappa shape index (κ3) is 1.72. The van der Waals surface area contributed by atoms with Crippen LogP contribution in [0.4, 0.5) is 5.69 Å². The molecule has 7 heteroatoms. The van der Waals surface area contributed by atoms with E-state index in [-0.39, 0.29) is 11.4 Å². The first-order valence-corrected chi connectivity index (χ1v) is 6.40. The number of fused-ring (bicyclic) bond motifs is 1. The van der Waals surface area contributed by atoms with Crippen molar-refractivity contribution in [1.82, 2.24) is 0 Å². The van der Waals surface area contributed by atoms with Gasteiger partial charge in [0.05, 0.1) is 17.7 Å². The third-order valence-electron chi connectivity index (χ3n) is 2.63. The molecule has 0 aromatic heterocycles. The molecule has 1 unspecified atom stereocenters. The smallest absolute Gasteiger partial charge is 0.324 e. The van der Waals surface area contributed by atoms with Crippen molar-refractivity contribution in [2.24, 2.45) is 0 Å². The summed E-state index contributed by atoms with van der Waals surface area (Å²) in [5.74, 6) is -0.971. The molecule has 1 heterocycles. The molecule has 1 aliphatic rings. The summed E-state index contributed by atoms with van der Waals surface area (Å²) in [5.41, 5.74) is 0.326. The van der Waals surface area contributed by atoms with Crippen LogP contribution in [-0.2, 0) is 14.6 Å². The van der Waals surface area contributed by atoms with Gasteiger partial charge in [-0.05, 0) is 12.1 Å². The largest absolute Gasteiger partial charge is 0.495 e. The van der Waals surface area contributed by atoms with Gasteiger partial charge in [-0.1, -0.05) is 6.07 Å². The Hall–Kier alpha value is -1.76. The molecule has 2 rings (SSSR count). The Kier molecular flexibility index (Phi) is 2.70. The number of ether oxygens (including phenoxy) is 1.